The number of carbonyl (C=O) groups excluding carboxylic acids is 3. The zero-order valence-corrected chi connectivity index (χ0v) is 19.0. The van der Waals surface area contributed by atoms with Crippen LogP contribution in [0.1, 0.15) is 36.0 Å². The maximum Gasteiger partial charge on any atom is 0.256 e. The van der Waals surface area contributed by atoms with Crippen LogP contribution in [0.2, 0.25) is 5.02 Å². The summed E-state index contributed by atoms with van der Waals surface area (Å²) < 4.78 is 0. The average molecular weight is 467 g/mol. The van der Waals surface area contributed by atoms with Gasteiger partial charge in [-0.3, -0.25) is 14.4 Å². The third kappa shape index (κ3) is 4.48. The fourth-order valence-corrected chi connectivity index (χ4v) is 5.14. The third-order valence-electron chi connectivity index (χ3n) is 6.91. The Hall–Kier alpha value is -2.90. The Kier molecular flexibility index (Phi) is 6.08. The van der Waals surface area contributed by atoms with Crippen LogP contribution in [0.5, 0.6) is 0 Å². The summed E-state index contributed by atoms with van der Waals surface area (Å²) in [5.74, 6) is -0.287. The molecule has 3 amide bonds. The van der Waals surface area contributed by atoms with Crippen LogP contribution in [0.3, 0.4) is 0 Å². The molecule has 0 saturated carbocycles. The monoisotopic (exact) mass is 466 g/mol. The molecule has 5 rings (SSSR count). The van der Waals surface area contributed by atoms with Gasteiger partial charge in [-0.05, 0) is 74.2 Å². The zero-order chi connectivity index (χ0) is 22.9. The molecule has 0 radical (unpaired) electrons. The summed E-state index contributed by atoms with van der Waals surface area (Å²) in [7, 11) is 0. The van der Waals surface area contributed by atoms with E-state index in [9.17, 15) is 14.4 Å². The van der Waals surface area contributed by atoms with Crippen molar-refractivity contribution in [2.24, 2.45) is 5.92 Å². The van der Waals surface area contributed by atoms with E-state index in [4.69, 9.17) is 11.6 Å². The highest BCUT2D eigenvalue weighted by molar-refractivity contribution is 6.30. The first-order chi connectivity index (χ1) is 16.0. The van der Waals surface area contributed by atoms with Gasteiger partial charge < -0.3 is 20.9 Å². The predicted molar refractivity (Wildman–Crippen MR) is 127 cm³/mol. The number of benzene rings is 2. The Labute approximate surface area is 197 Å². The van der Waals surface area contributed by atoms with Crippen LogP contribution >= 0.6 is 11.6 Å². The van der Waals surface area contributed by atoms with E-state index < -0.39 is 6.04 Å². The van der Waals surface area contributed by atoms with E-state index in [0.29, 0.717) is 35.7 Å². The van der Waals surface area contributed by atoms with Gasteiger partial charge >= 0.3 is 0 Å². The van der Waals surface area contributed by atoms with Gasteiger partial charge in [0, 0.05) is 23.5 Å². The Balaban J connectivity index is 1.33. The van der Waals surface area contributed by atoms with Gasteiger partial charge in [0.1, 0.15) is 6.04 Å². The summed E-state index contributed by atoms with van der Waals surface area (Å²) in [5.41, 5.74) is 2.83. The summed E-state index contributed by atoms with van der Waals surface area (Å²) in [4.78, 5) is 40.8. The van der Waals surface area contributed by atoms with Gasteiger partial charge in [0.15, 0.2) is 0 Å². The summed E-state index contributed by atoms with van der Waals surface area (Å²) in [6, 6.07) is 12.2. The molecule has 2 aromatic carbocycles. The molecule has 0 bridgehead atoms. The van der Waals surface area contributed by atoms with Crippen molar-refractivity contribution in [3.05, 3.63) is 53.1 Å². The Morgan fingerprint density at radius 3 is 2.48 bits per heavy atom. The highest BCUT2D eigenvalue weighted by Crippen LogP contribution is 2.32. The van der Waals surface area contributed by atoms with Gasteiger partial charge in [-0.2, -0.15) is 0 Å². The number of nitrogens with one attached hydrogen (secondary N) is 3. The molecule has 33 heavy (non-hydrogen) atoms. The topological polar surface area (TPSA) is 90.5 Å². The normalized spacial score (nSPS) is 23.2. The van der Waals surface area contributed by atoms with E-state index >= 15 is 0 Å². The lowest BCUT2D eigenvalue weighted by molar-refractivity contribution is -0.128. The Bertz CT molecular complexity index is 1080. The minimum absolute atomic E-state index is 0.0180. The largest absolute Gasteiger partial charge is 0.353 e. The van der Waals surface area contributed by atoms with Crippen LogP contribution in [0, 0.1) is 5.92 Å². The number of hydrogen-bond acceptors (Lipinski definition) is 4. The molecule has 3 aliphatic rings. The van der Waals surface area contributed by atoms with Gasteiger partial charge in [-0.1, -0.05) is 29.8 Å². The molecule has 2 fully saturated rings. The standard InChI is InChI=1S/C25H27ClN4O3/c26-18-4-1-15(2-5-18)17-3-6-21-20(13-17)25(33)30-12-9-19(14-22(30)24(32)29-21)28-23(31)16-7-10-27-11-8-16/h1-6,13,16,19,22,27H,7-12,14H2,(H,28,31)(H,29,32)/t19-,22-/m0/s1. The van der Waals surface area contributed by atoms with E-state index in [1.165, 1.54) is 0 Å². The van der Waals surface area contributed by atoms with Crippen LogP contribution in [0.4, 0.5) is 5.69 Å². The lowest BCUT2D eigenvalue weighted by Gasteiger charge is -2.38. The number of halogens is 1. The van der Waals surface area contributed by atoms with E-state index in [0.717, 1.165) is 37.1 Å². The zero-order valence-electron chi connectivity index (χ0n) is 18.3. The minimum atomic E-state index is -0.601. The summed E-state index contributed by atoms with van der Waals surface area (Å²) in [6.07, 6.45) is 2.72. The van der Waals surface area contributed by atoms with E-state index in [1.807, 2.05) is 36.4 Å². The van der Waals surface area contributed by atoms with Crippen LogP contribution in [-0.2, 0) is 9.59 Å². The minimum Gasteiger partial charge on any atom is -0.353 e. The molecule has 2 aromatic rings. The molecule has 0 unspecified atom stereocenters. The number of rotatable bonds is 3. The summed E-state index contributed by atoms with van der Waals surface area (Å²) in [5, 5.41) is 9.99. The molecule has 172 valence electrons. The van der Waals surface area contributed by atoms with Crippen molar-refractivity contribution in [1.29, 1.82) is 0 Å². The maximum absolute atomic E-state index is 13.4. The molecular formula is C25H27ClN4O3. The van der Waals surface area contributed by atoms with Crippen molar-refractivity contribution < 1.29 is 14.4 Å². The second-order valence-corrected chi connectivity index (χ2v) is 9.46. The van der Waals surface area contributed by atoms with Gasteiger partial charge in [0.05, 0.1) is 11.3 Å². The van der Waals surface area contributed by atoms with Crippen molar-refractivity contribution in [3.8, 4) is 11.1 Å². The van der Waals surface area contributed by atoms with Gasteiger partial charge in [0.25, 0.3) is 5.91 Å². The van der Waals surface area contributed by atoms with Crippen molar-refractivity contribution in [2.45, 2.75) is 37.8 Å². The summed E-state index contributed by atoms with van der Waals surface area (Å²) >= 11 is 6.00. The molecule has 0 aliphatic carbocycles. The van der Waals surface area contributed by atoms with Crippen molar-refractivity contribution in [2.75, 3.05) is 25.0 Å². The lowest BCUT2D eigenvalue weighted by atomic mass is 9.93. The number of hydrogen-bond donors (Lipinski definition) is 3. The molecule has 7 nitrogen and oxygen atoms in total. The predicted octanol–water partition coefficient (Wildman–Crippen LogP) is 3.05. The number of amides is 3. The van der Waals surface area contributed by atoms with Crippen LogP contribution < -0.4 is 16.0 Å². The molecule has 8 heteroatoms. The van der Waals surface area contributed by atoms with Crippen molar-refractivity contribution >= 4 is 35.0 Å². The molecule has 3 heterocycles. The molecule has 3 aliphatic heterocycles. The smallest absolute Gasteiger partial charge is 0.256 e. The number of fused-ring (bicyclic) bond motifs is 2. The number of carbonyl (C=O) groups is 3. The Morgan fingerprint density at radius 1 is 1.00 bits per heavy atom. The lowest BCUT2D eigenvalue weighted by Crippen LogP contribution is -2.55. The van der Waals surface area contributed by atoms with Crippen LogP contribution in [0.25, 0.3) is 11.1 Å². The highest BCUT2D eigenvalue weighted by Gasteiger charge is 2.40. The van der Waals surface area contributed by atoms with Crippen LogP contribution in [-0.4, -0.2) is 54.3 Å². The molecule has 3 N–H and O–H groups in total. The van der Waals surface area contributed by atoms with Gasteiger partial charge in [-0.25, -0.2) is 0 Å². The highest BCUT2D eigenvalue weighted by atomic mass is 35.5. The molecule has 0 spiro atoms. The second kappa shape index (κ2) is 9.15. The molecule has 2 saturated heterocycles. The van der Waals surface area contributed by atoms with Gasteiger partial charge in [-0.15, -0.1) is 0 Å². The average Bonchev–Trinajstić information content (AvgIpc) is 2.94. The maximum atomic E-state index is 13.4. The number of piperidine rings is 2. The molecule has 2 atom stereocenters. The quantitative estimate of drug-likeness (QED) is 0.648. The van der Waals surface area contributed by atoms with E-state index in [2.05, 4.69) is 16.0 Å². The fourth-order valence-electron chi connectivity index (χ4n) is 5.01. The fraction of sp³-hybridized carbons (Fsp3) is 0.400. The first-order valence-electron chi connectivity index (χ1n) is 11.5. The van der Waals surface area contributed by atoms with Crippen LogP contribution in [0.15, 0.2) is 42.5 Å². The van der Waals surface area contributed by atoms with Gasteiger partial charge in [0.2, 0.25) is 11.8 Å². The van der Waals surface area contributed by atoms with Crippen molar-refractivity contribution in [1.82, 2.24) is 15.5 Å². The van der Waals surface area contributed by atoms with E-state index in [1.54, 1.807) is 11.0 Å². The first-order valence-corrected chi connectivity index (χ1v) is 11.9. The number of nitrogens with zero attached hydrogens (tertiary/aromatic N) is 1. The third-order valence-corrected chi connectivity index (χ3v) is 7.16. The second-order valence-electron chi connectivity index (χ2n) is 9.03. The summed E-state index contributed by atoms with van der Waals surface area (Å²) in [6.45, 7) is 2.14. The Morgan fingerprint density at radius 2 is 1.73 bits per heavy atom. The van der Waals surface area contributed by atoms with Crippen molar-refractivity contribution in [3.63, 3.8) is 0 Å². The molecule has 0 aromatic heterocycles. The first kappa shape index (κ1) is 21.9. The number of anilines is 1. The molecular weight excluding hydrogens is 440 g/mol. The SMILES string of the molecule is O=C(N[C@H]1CCN2C(=O)c3cc(-c4ccc(Cl)cc4)ccc3NC(=O)[C@@H]2C1)C1CCNCC1. The van der Waals surface area contributed by atoms with E-state index in [-0.39, 0.29) is 29.7 Å².